The third-order valence-corrected chi connectivity index (χ3v) is 4.07. The van der Waals surface area contributed by atoms with Crippen molar-refractivity contribution in [2.75, 3.05) is 7.11 Å². The molecule has 1 aromatic carbocycles. The van der Waals surface area contributed by atoms with Gasteiger partial charge in [0.15, 0.2) is 0 Å². The van der Waals surface area contributed by atoms with E-state index in [0.717, 1.165) is 16.9 Å². The first-order chi connectivity index (χ1) is 13.7. The number of oxazole rings is 1. The highest BCUT2D eigenvalue weighted by atomic mass is 16.5. The average molecular weight is 376 g/mol. The summed E-state index contributed by atoms with van der Waals surface area (Å²) < 4.78 is 16.0. The number of carbonyl (C=O) groups is 1. The predicted molar refractivity (Wildman–Crippen MR) is 99.4 cm³/mol. The number of hydrogen-bond acceptors (Lipinski definition) is 7. The zero-order valence-electron chi connectivity index (χ0n) is 15.0. The summed E-state index contributed by atoms with van der Waals surface area (Å²) in [6, 6.07) is 10.9. The van der Waals surface area contributed by atoms with E-state index in [1.807, 2.05) is 24.3 Å². The molecule has 4 rings (SSSR count). The van der Waals surface area contributed by atoms with Crippen molar-refractivity contribution in [3.05, 3.63) is 72.5 Å². The van der Waals surface area contributed by atoms with Crippen LogP contribution in [0.5, 0.6) is 5.75 Å². The molecule has 0 spiro atoms. The van der Waals surface area contributed by atoms with E-state index in [-0.39, 0.29) is 6.61 Å². The number of pyridine rings is 1. The van der Waals surface area contributed by atoms with Crippen LogP contribution in [-0.2, 0) is 11.3 Å². The first kappa shape index (κ1) is 17.5. The largest absolute Gasteiger partial charge is 0.497 e. The molecule has 1 N–H and O–H groups in total. The third kappa shape index (κ3) is 3.61. The Kier molecular flexibility index (Phi) is 4.83. The number of esters is 1. The molecule has 0 aliphatic carbocycles. The number of H-pyrrole nitrogens is 1. The maximum absolute atomic E-state index is 12.5. The highest BCUT2D eigenvalue weighted by Crippen LogP contribution is 2.23. The number of aromatic nitrogens is 4. The summed E-state index contributed by atoms with van der Waals surface area (Å²) in [7, 11) is 1.60. The number of nitrogens with one attached hydrogen (secondary N) is 1. The number of nitrogens with zero attached hydrogens (tertiary/aromatic N) is 3. The molecule has 0 unspecified atom stereocenters. The summed E-state index contributed by atoms with van der Waals surface area (Å²) in [6.07, 6.45) is 6.18. The number of rotatable bonds is 6. The van der Waals surface area contributed by atoms with Gasteiger partial charge in [-0.2, -0.15) is 5.10 Å². The van der Waals surface area contributed by atoms with Gasteiger partial charge in [0.1, 0.15) is 29.9 Å². The van der Waals surface area contributed by atoms with Crippen molar-refractivity contribution in [1.29, 1.82) is 0 Å². The Morgan fingerprint density at radius 3 is 2.64 bits per heavy atom. The van der Waals surface area contributed by atoms with Crippen molar-refractivity contribution in [2.24, 2.45) is 0 Å². The first-order valence-corrected chi connectivity index (χ1v) is 8.44. The molecular formula is C20H16N4O4. The quantitative estimate of drug-likeness (QED) is 0.514. The molecule has 8 nitrogen and oxygen atoms in total. The number of methoxy groups -OCH3 is 1. The van der Waals surface area contributed by atoms with Crippen LogP contribution in [0.2, 0.25) is 0 Å². The average Bonchev–Trinajstić information content (AvgIpc) is 3.43. The van der Waals surface area contributed by atoms with Crippen molar-refractivity contribution in [3.8, 4) is 28.5 Å². The lowest BCUT2D eigenvalue weighted by molar-refractivity contribution is 0.0469. The molecule has 140 valence electrons. The Morgan fingerprint density at radius 2 is 1.89 bits per heavy atom. The minimum absolute atomic E-state index is 0.0144. The highest BCUT2D eigenvalue weighted by Gasteiger charge is 2.17. The Morgan fingerprint density at radius 1 is 1.11 bits per heavy atom. The third-order valence-electron chi connectivity index (χ3n) is 4.07. The molecule has 8 heteroatoms. The Bertz CT molecular complexity index is 1070. The molecule has 0 aliphatic heterocycles. The Hall–Kier alpha value is -3.94. The zero-order valence-corrected chi connectivity index (χ0v) is 15.0. The normalized spacial score (nSPS) is 10.6. The maximum atomic E-state index is 12.5. The topological polar surface area (TPSA) is 103 Å². The van der Waals surface area contributed by atoms with E-state index in [4.69, 9.17) is 13.9 Å². The van der Waals surface area contributed by atoms with Gasteiger partial charge in [-0.25, -0.2) is 9.78 Å². The molecule has 0 saturated carbocycles. The van der Waals surface area contributed by atoms with Crippen molar-refractivity contribution in [1.82, 2.24) is 20.2 Å². The van der Waals surface area contributed by atoms with Crippen LogP contribution < -0.4 is 4.74 Å². The van der Waals surface area contributed by atoms with Gasteiger partial charge < -0.3 is 13.9 Å². The van der Waals surface area contributed by atoms with E-state index >= 15 is 0 Å². The second-order valence-corrected chi connectivity index (χ2v) is 5.84. The molecule has 4 aromatic rings. The fraction of sp³-hybridized carbons (Fsp3) is 0.100. The van der Waals surface area contributed by atoms with Gasteiger partial charge in [0.05, 0.1) is 19.0 Å². The Balaban J connectivity index is 1.44. The number of benzene rings is 1. The monoisotopic (exact) mass is 376 g/mol. The fourth-order valence-corrected chi connectivity index (χ4v) is 2.64. The molecule has 3 aromatic heterocycles. The van der Waals surface area contributed by atoms with Crippen LogP contribution in [0.1, 0.15) is 16.1 Å². The van der Waals surface area contributed by atoms with Crippen LogP contribution in [0.3, 0.4) is 0 Å². The number of carbonyl (C=O) groups excluding carboxylic acids is 1. The van der Waals surface area contributed by atoms with E-state index in [1.54, 1.807) is 31.6 Å². The van der Waals surface area contributed by atoms with E-state index in [0.29, 0.717) is 22.8 Å². The second-order valence-electron chi connectivity index (χ2n) is 5.84. The number of ether oxygens (including phenoxy) is 2. The molecule has 0 saturated heterocycles. The number of hydrogen-bond donors (Lipinski definition) is 1. The van der Waals surface area contributed by atoms with Gasteiger partial charge in [-0.15, -0.1) is 0 Å². The van der Waals surface area contributed by atoms with Crippen molar-refractivity contribution < 1.29 is 18.7 Å². The molecule has 28 heavy (non-hydrogen) atoms. The minimum Gasteiger partial charge on any atom is -0.497 e. The van der Waals surface area contributed by atoms with Gasteiger partial charge in [-0.3, -0.25) is 10.1 Å². The van der Waals surface area contributed by atoms with Gasteiger partial charge in [-0.1, -0.05) is 0 Å². The maximum Gasteiger partial charge on any atom is 0.342 e. The lowest BCUT2D eigenvalue weighted by atomic mass is 10.1. The van der Waals surface area contributed by atoms with Crippen LogP contribution >= 0.6 is 0 Å². The van der Waals surface area contributed by atoms with E-state index < -0.39 is 5.97 Å². The predicted octanol–water partition coefficient (Wildman–Crippen LogP) is 3.49. The first-order valence-electron chi connectivity index (χ1n) is 8.44. The number of aromatic amines is 1. The summed E-state index contributed by atoms with van der Waals surface area (Å²) in [4.78, 5) is 20.8. The molecule has 0 amide bonds. The van der Waals surface area contributed by atoms with Crippen LogP contribution in [0.25, 0.3) is 22.7 Å². The van der Waals surface area contributed by atoms with Gasteiger partial charge in [0.2, 0.25) is 5.89 Å². The van der Waals surface area contributed by atoms with Crippen LogP contribution in [0, 0.1) is 0 Å². The molecular weight excluding hydrogens is 360 g/mol. The fourth-order valence-electron chi connectivity index (χ4n) is 2.64. The highest BCUT2D eigenvalue weighted by molar-refractivity contribution is 5.95. The molecule has 0 bridgehead atoms. The summed E-state index contributed by atoms with van der Waals surface area (Å²) in [5.41, 5.74) is 3.01. The van der Waals surface area contributed by atoms with Crippen molar-refractivity contribution >= 4 is 5.97 Å². The van der Waals surface area contributed by atoms with Gasteiger partial charge >= 0.3 is 5.97 Å². The lowest BCUT2D eigenvalue weighted by Gasteiger charge is -2.03. The lowest BCUT2D eigenvalue weighted by Crippen LogP contribution is -2.06. The van der Waals surface area contributed by atoms with E-state index in [9.17, 15) is 4.79 Å². The molecule has 3 heterocycles. The van der Waals surface area contributed by atoms with Crippen LogP contribution in [0.15, 0.2) is 65.7 Å². The summed E-state index contributed by atoms with van der Waals surface area (Å²) in [6.45, 7) is -0.0144. The summed E-state index contributed by atoms with van der Waals surface area (Å²) >= 11 is 0. The molecule has 0 radical (unpaired) electrons. The molecule has 0 atom stereocenters. The van der Waals surface area contributed by atoms with Gasteiger partial charge in [0, 0.05) is 23.5 Å². The minimum atomic E-state index is -0.505. The molecule has 0 aliphatic rings. The SMILES string of the molecule is COc1ccc(-c2nc(COC(=O)c3cn[nH]c3-c3ccncc3)co2)cc1. The summed E-state index contributed by atoms with van der Waals surface area (Å²) in [5.74, 6) is 0.679. The van der Waals surface area contributed by atoms with Crippen LogP contribution in [0.4, 0.5) is 0 Å². The Labute approximate surface area is 160 Å². The van der Waals surface area contributed by atoms with E-state index in [1.165, 1.54) is 12.5 Å². The van der Waals surface area contributed by atoms with Gasteiger partial charge in [0.25, 0.3) is 0 Å². The summed E-state index contributed by atoms with van der Waals surface area (Å²) in [5, 5.41) is 6.75. The second kappa shape index (κ2) is 7.75. The smallest absolute Gasteiger partial charge is 0.342 e. The zero-order chi connectivity index (χ0) is 19.3. The standard InChI is InChI=1S/C20H16N4O4/c1-26-16-4-2-14(3-5-16)19-23-15(11-27-19)12-28-20(25)17-10-22-24-18(17)13-6-8-21-9-7-13/h2-11H,12H2,1H3,(H,22,24). The van der Waals surface area contributed by atoms with E-state index in [2.05, 4.69) is 20.2 Å². The van der Waals surface area contributed by atoms with Gasteiger partial charge in [-0.05, 0) is 36.4 Å². The van der Waals surface area contributed by atoms with Crippen molar-refractivity contribution in [2.45, 2.75) is 6.61 Å². The van der Waals surface area contributed by atoms with Crippen LogP contribution in [-0.4, -0.2) is 33.2 Å². The molecule has 0 fully saturated rings. The van der Waals surface area contributed by atoms with Crippen molar-refractivity contribution in [3.63, 3.8) is 0 Å².